The molecule has 102 valence electrons. The molecule has 0 saturated carbocycles. The number of amides is 1. The molecular weight excluding hydrogens is 270 g/mol. The van der Waals surface area contributed by atoms with Crippen LogP contribution >= 0.6 is 23.1 Å². The summed E-state index contributed by atoms with van der Waals surface area (Å²) >= 11 is 6.97. The minimum absolute atomic E-state index is 0.114. The maximum Gasteiger partial charge on any atom is 0.264 e. The summed E-state index contributed by atoms with van der Waals surface area (Å²) in [7, 11) is 0. The summed E-state index contributed by atoms with van der Waals surface area (Å²) in [6, 6.07) is 0. The van der Waals surface area contributed by atoms with Gasteiger partial charge >= 0.3 is 0 Å². The van der Waals surface area contributed by atoms with Gasteiger partial charge in [-0.1, -0.05) is 39.1 Å². The second-order valence-corrected chi connectivity index (χ2v) is 7.20. The van der Waals surface area contributed by atoms with Gasteiger partial charge in [0.1, 0.15) is 4.88 Å². The molecule has 0 bridgehead atoms. The van der Waals surface area contributed by atoms with E-state index >= 15 is 0 Å². The zero-order valence-electron chi connectivity index (χ0n) is 11.5. The highest BCUT2D eigenvalue weighted by molar-refractivity contribution is 7.08. The normalized spacial score (nSPS) is 12.6. The van der Waals surface area contributed by atoms with Crippen molar-refractivity contribution in [3.05, 3.63) is 10.6 Å². The van der Waals surface area contributed by atoms with E-state index in [1.165, 1.54) is 0 Å². The molecule has 1 aromatic heterocycles. The molecule has 6 heteroatoms. The van der Waals surface area contributed by atoms with Gasteiger partial charge in [-0.2, -0.15) is 0 Å². The molecule has 0 saturated heterocycles. The molecule has 1 heterocycles. The molecule has 0 aliphatic heterocycles. The molecule has 0 unspecified atom stereocenters. The zero-order valence-corrected chi connectivity index (χ0v) is 13.1. The molecule has 0 aliphatic carbocycles. The van der Waals surface area contributed by atoms with Crippen LogP contribution in [0.1, 0.15) is 50.0 Å². The summed E-state index contributed by atoms with van der Waals surface area (Å²) in [5.74, 6) is 0.383. The Morgan fingerprint density at radius 2 is 1.94 bits per heavy atom. The molecule has 4 nitrogen and oxygen atoms in total. The van der Waals surface area contributed by atoms with E-state index in [0.29, 0.717) is 17.3 Å². The summed E-state index contributed by atoms with van der Waals surface area (Å²) in [6.07, 6.45) is 0. The Hall–Kier alpha value is -0.680. The molecule has 0 aromatic carbocycles. The molecule has 18 heavy (non-hydrogen) atoms. The van der Waals surface area contributed by atoms with Crippen molar-refractivity contribution in [1.29, 1.82) is 0 Å². The van der Waals surface area contributed by atoms with E-state index in [-0.39, 0.29) is 16.7 Å². The first-order valence-corrected chi connectivity index (χ1v) is 7.15. The van der Waals surface area contributed by atoms with Crippen LogP contribution in [0.3, 0.4) is 0 Å². The number of nitrogens with one attached hydrogen (secondary N) is 1. The number of hydrogen-bond donors (Lipinski definition) is 1. The third-order valence-electron chi connectivity index (χ3n) is 2.49. The van der Waals surface area contributed by atoms with E-state index in [1.807, 2.05) is 34.6 Å². The molecule has 1 amide bonds. The summed E-state index contributed by atoms with van der Waals surface area (Å²) in [6.45, 7) is 10.6. The molecular formula is C12H20ClN3OS. The van der Waals surface area contributed by atoms with Crippen LogP contribution in [0, 0.1) is 5.41 Å². The van der Waals surface area contributed by atoms with Gasteiger partial charge in [-0.3, -0.25) is 4.79 Å². The number of nitrogens with zero attached hydrogens (tertiary/aromatic N) is 2. The maximum atomic E-state index is 12.1. The van der Waals surface area contributed by atoms with Crippen LogP contribution in [0.4, 0.5) is 0 Å². The fraction of sp³-hybridized carbons (Fsp3) is 0.750. The van der Waals surface area contributed by atoms with Gasteiger partial charge < -0.3 is 5.32 Å². The predicted octanol–water partition coefficient (Wildman–Crippen LogP) is 2.83. The van der Waals surface area contributed by atoms with Crippen molar-refractivity contribution in [1.82, 2.24) is 14.9 Å². The monoisotopic (exact) mass is 289 g/mol. The van der Waals surface area contributed by atoms with Crippen LogP contribution < -0.4 is 5.32 Å². The summed E-state index contributed by atoms with van der Waals surface area (Å²) in [5, 5.41) is 6.95. The van der Waals surface area contributed by atoms with Gasteiger partial charge in [-0.05, 0) is 16.9 Å². The lowest BCUT2D eigenvalue weighted by Crippen LogP contribution is -2.35. The summed E-state index contributed by atoms with van der Waals surface area (Å²) < 4.78 is 3.88. The first-order chi connectivity index (χ1) is 8.17. The second-order valence-electron chi connectivity index (χ2n) is 6.18. The SMILES string of the molecule is CC(C)(CCl)CNC(=O)c1snnc1C(C)(C)C. The highest BCUT2D eigenvalue weighted by atomic mass is 35.5. The van der Waals surface area contributed by atoms with E-state index in [1.54, 1.807) is 0 Å². The third-order valence-corrected chi connectivity index (χ3v) is 3.94. The number of alkyl halides is 1. The van der Waals surface area contributed by atoms with Gasteiger partial charge in [0.05, 0.1) is 5.69 Å². The van der Waals surface area contributed by atoms with Gasteiger partial charge in [-0.25, -0.2) is 0 Å². The lowest BCUT2D eigenvalue weighted by Gasteiger charge is -2.22. The quantitative estimate of drug-likeness (QED) is 0.867. The van der Waals surface area contributed by atoms with Crippen LogP contribution in [0.2, 0.25) is 0 Å². The van der Waals surface area contributed by atoms with Gasteiger partial charge in [0.25, 0.3) is 5.91 Å². The smallest absolute Gasteiger partial charge is 0.264 e. The minimum atomic E-state index is -0.179. The van der Waals surface area contributed by atoms with Crippen LogP contribution in [-0.4, -0.2) is 27.9 Å². The highest BCUT2D eigenvalue weighted by Crippen LogP contribution is 2.25. The van der Waals surface area contributed by atoms with Gasteiger partial charge in [-0.15, -0.1) is 16.7 Å². The van der Waals surface area contributed by atoms with Gasteiger partial charge in [0, 0.05) is 17.8 Å². The van der Waals surface area contributed by atoms with Crippen molar-refractivity contribution >= 4 is 29.0 Å². The molecule has 0 fully saturated rings. The zero-order chi connectivity index (χ0) is 14.0. The van der Waals surface area contributed by atoms with E-state index < -0.39 is 0 Å². The molecule has 0 radical (unpaired) electrons. The Morgan fingerprint density at radius 3 is 2.44 bits per heavy atom. The third kappa shape index (κ3) is 3.92. The number of halogens is 1. The number of hydrogen-bond acceptors (Lipinski definition) is 4. The van der Waals surface area contributed by atoms with Crippen molar-refractivity contribution in [2.24, 2.45) is 5.41 Å². The highest BCUT2D eigenvalue weighted by Gasteiger charge is 2.27. The fourth-order valence-corrected chi connectivity index (χ4v) is 2.16. The molecule has 0 spiro atoms. The van der Waals surface area contributed by atoms with Crippen LogP contribution in [-0.2, 0) is 5.41 Å². The van der Waals surface area contributed by atoms with E-state index in [9.17, 15) is 4.79 Å². The minimum Gasteiger partial charge on any atom is -0.351 e. The summed E-state index contributed by atoms with van der Waals surface area (Å²) in [5.41, 5.74) is 0.451. The average Bonchev–Trinajstić information content (AvgIpc) is 2.74. The van der Waals surface area contributed by atoms with Crippen LogP contribution in [0.5, 0.6) is 0 Å². The number of carbonyl (C=O) groups is 1. The van der Waals surface area contributed by atoms with E-state index in [4.69, 9.17) is 11.6 Å². The topological polar surface area (TPSA) is 54.9 Å². The van der Waals surface area contributed by atoms with E-state index in [0.717, 1.165) is 17.2 Å². The van der Waals surface area contributed by atoms with Crippen molar-refractivity contribution < 1.29 is 4.79 Å². The Bertz CT molecular complexity index is 423. The largest absolute Gasteiger partial charge is 0.351 e. The fourth-order valence-electron chi connectivity index (χ4n) is 1.28. The number of carbonyl (C=O) groups excluding carboxylic acids is 1. The van der Waals surface area contributed by atoms with Crippen molar-refractivity contribution in [2.45, 2.75) is 40.0 Å². The van der Waals surface area contributed by atoms with Crippen molar-refractivity contribution in [3.8, 4) is 0 Å². The lowest BCUT2D eigenvalue weighted by atomic mass is 9.91. The van der Waals surface area contributed by atoms with Crippen molar-refractivity contribution in [3.63, 3.8) is 0 Å². The Labute approximate surface area is 117 Å². The van der Waals surface area contributed by atoms with Crippen LogP contribution in [0.25, 0.3) is 0 Å². The first-order valence-electron chi connectivity index (χ1n) is 5.84. The Balaban J connectivity index is 2.78. The first kappa shape index (κ1) is 15.4. The predicted molar refractivity (Wildman–Crippen MR) is 75.4 cm³/mol. The average molecular weight is 290 g/mol. The van der Waals surface area contributed by atoms with Crippen LogP contribution in [0.15, 0.2) is 0 Å². The molecule has 0 atom stereocenters. The standard InChI is InChI=1S/C12H20ClN3OS/c1-11(2,3)9-8(18-16-15-9)10(17)14-7-12(4,5)6-13/h6-7H2,1-5H3,(H,14,17). The summed E-state index contributed by atoms with van der Waals surface area (Å²) in [4.78, 5) is 12.7. The Kier molecular flexibility index (Phi) is 4.72. The van der Waals surface area contributed by atoms with E-state index in [2.05, 4.69) is 14.9 Å². The maximum absolute atomic E-state index is 12.1. The lowest BCUT2D eigenvalue weighted by molar-refractivity contribution is 0.0941. The number of rotatable bonds is 4. The second kappa shape index (κ2) is 5.53. The van der Waals surface area contributed by atoms with Crippen molar-refractivity contribution in [2.75, 3.05) is 12.4 Å². The molecule has 1 N–H and O–H groups in total. The Morgan fingerprint density at radius 1 is 1.33 bits per heavy atom. The van der Waals surface area contributed by atoms with Gasteiger partial charge in [0.2, 0.25) is 0 Å². The van der Waals surface area contributed by atoms with Gasteiger partial charge in [0.15, 0.2) is 0 Å². The molecule has 1 rings (SSSR count). The molecule has 0 aliphatic rings. The molecule has 1 aromatic rings. The number of aromatic nitrogens is 2.